The van der Waals surface area contributed by atoms with Gasteiger partial charge in [-0.25, -0.2) is 9.78 Å². The molecule has 3 N–H and O–H groups in total. The number of carbonyl (C=O) groups excluding carboxylic acids is 1. The van der Waals surface area contributed by atoms with Crippen LogP contribution in [0, 0.1) is 0 Å². The maximum absolute atomic E-state index is 12.3. The molecule has 7 heteroatoms. The molecule has 1 unspecified atom stereocenters. The predicted molar refractivity (Wildman–Crippen MR) is 102 cm³/mol. The number of ether oxygens (including phenoxy) is 1. The molecule has 2 aromatic rings. The Balaban J connectivity index is 1.93. The molecule has 2 rings (SSSR count). The van der Waals surface area contributed by atoms with Crippen LogP contribution in [-0.4, -0.2) is 34.7 Å². The maximum Gasteiger partial charge on any atom is 0.315 e. The molecule has 0 radical (unpaired) electrons. The average molecular weight is 371 g/mol. The van der Waals surface area contributed by atoms with Gasteiger partial charge in [-0.05, 0) is 31.4 Å². The first-order chi connectivity index (χ1) is 13.1. The van der Waals surface area contributed by atoms with Crippen molar-refractivity contribution in [3.05, 3.63) is 59.8 Å². The molecular weight excluding hydrogens is 346 g/mol. The van der Waals surface area contributed by atoms with Crippen LogP contribution in [0.2, 0.25) is 0 Å². The highest BCUT2D eigenvalue weighted by atomic mass is 16.5. The molecule has 0 saturated carbocycles. The first-order valence-electron chi connectivity index (χ1n) is 8.95. The lowest BCUT2D eigenvalue weighted by Crippen LogP contribution is -2.43. The zero-order valence-corrected chi connectivity index (χ0v) is 15.4. The Morgan fingerprint density at radius 2 is 1.96 bits per heavy atom. The molecule has 27 heavy (non-hydrogen) atoms. The fourth-order valence-corrected chi connectivity index (χ4v) is 2.66. The van der Waals surface area contributed by atoms with E-state index in [9.17, 15) is 9.59 Å². The minimum Gasteiger partial charge on any atom is -0.481 e. The van der Waals surface area contributed by atoms with Gasteiger partial charge in [0.2, 0.25) is 5.88 Å². The van der Waals surface area contributed by atoms with Crippen LogP contribution < -0.4 is 15.4 Å². The van der Waals surface area contributed by atoms with Gasteiger partial charge in [-0.1, -0.05) is 36.4 Å². The summed E-state index contributed by atoms with van der Waals surface area (Å²) in [5, 5.41) is 14.6. The van der Waals surface area contributed by atoms with Crippen molar-refractivity contribution < 1.29 is 19.4 Å². The third kappa shape index (κ3) is 7.35. The lowest BCUT2D eigenvalue weighted by molar-refractivity contribution is -0.137. The summed E-state index contributed by atoms with van der Waals surface area (Å²) >= 11 is 0. The maximum atomic E-state index is 12.3. The fourth-order valence-electron chi connectivity index (χ4n) is 2.66. The van der Waals surface area contributed by atoms with Gasteiger partial charge in [-0.15, -0.1) is 0 Å². The molecule has 0 fully saturated rings. The highest BCUT2D eigenvalue weighted by Gasteiger charge is 2.15. The van der Waals surface area contributed by atoms with E-state index in [4.69, 9.17) is 9.84 Å². The smallest absolute Gasteiger partial charge is 0.315 e. The van der Waals surface area contributed by atoms with Crippen LogP contribution >= 0.6 is 0 Å². The van der Waals surface area contributed by atoms with E-state index in [1.807, 2.05) is 43.3 Å². The molecule has 1 heterocycles. The molecule has 1 aromatic heterocycles. The Bertz CT molecular complexity index is 737. The quantitative estimate of drug-likeness (QED) is 0.596. The van der Waals surface area contributed by atoms with Crippen LogP contribution in [-0.2, 0) is 17.8 Å². The van der Waals surface area contributed by atoms with Gasteiger partial charge in [0.15, 0.2) is 0 Å². The number of urea groups is 1. The van der Waals surface area contributed by atoms with Crippen LogP contribution in [0.25, 0.3) is 0 Å². The van der Waals surface area contributed by atoms with Crippen LogP contribution in [0.15, 0.2) is 48.7 Å². The summed E-state index contributed by atoms with van der Waals surface area (Å²) in [6.07, 6.45) is 2.55. The van der Waals surface area contributed by atoms with Crippen LogP contribution in [0.3, 0.4) is 0 Å². The number of nitrogens with one attached hydrogen (secondary N) is 2. The van der Waals surface area contributed by atoms with Gasteiger partial charge in [0, 0.05) is 30.8 Å². The number of pyridine rings is 1. The van der Waals surface area contributed by atoms with Crippen molar-refractivity contribution in [2.75, 3.05) is 6.61 Å². The molecule has 2 amide bonds. The molecule has 1 aromatic carbocycles. The number of benzene rings is 1. The molecular formula is C20H25N3O4. The molecule has 0 bridgehead atoms. The summed E-state index contributed by atoms with van der Waals surface area (Å²) in [6.45, 7) is 2.63. The van der Waals surface area contributed by atoms with Gasteiger partial charge in [-0.3, -0.25) is 4.79 Å². The van der Waals surface area contributed by atoms with Crippen molar-refractivity contribution in [2.45, 2.75) is 38.8 Å². The third-order valence-electron chi connectivity index (χ3n) is 3.94. The fraction of sp³-hybridized carbons (Fsp3) is 0.350. The molecule has 0 aliphatic heterocycles. The Morgan fingerprint density at radius 1 is 1.19 bits per heavy atom. The molecule has 0 aliphatic rings. The average Bonchev–Trinajstić information content (AvgIpc) is 2.66. The van der Waals surface area contributed by atoms with E-state index in [1.165, 1.54) is 0 Å². The Hall–Kier alpha value is -3.09. The Labute approximate surface area is 158 Å². The molecule has 0 spiro atoms. The predicted octanol–water partition coefficient (Wildman–Crippen LogP) is 2.76. The number of hydrogen-bond acceptors (Lipinski definition) is 4. The van der Waals surface area contributed by atoms with Gasteiger partial charge >= 0.3 is 12.0 Å². The minimum absolute atomic E-state index is 0.00509. The minimum atomic E-state index is -0.882. The summed E-state index contributed by atoms with van der Waals surface area (Å²) < 4.78 is 5.45. The first kappa shape index (κ1) is 20.2. The van der Waals surface area contributed by atoms with E-state index in [0.29, 0.717) is 25.3 Å². The third-order valence-corrected chi connectivity index (χ3v) is 3.94. The van der Waals surface area contributed by atoms with E-state index in [2.05, 4.69) is 15.6 Å². The standard InChI is InChI=1S/C20H25N3O4/c1-2-27-19-16(9-6-12-21-19)14-22-20(26)23-17(10-11-18(24)25)13-15-7-4-3-5-8-15/h3-9,12,17H,2,10-11,13-14H2,1H3,(H,24,25)(H2,22,23,26). The Kier molecular flexibility index (Phi) is 8.09. The van der Waals surface area contributed by atoms with Gasteiger partial charge < -0.3 is 20.5 Å². The Morgan fingerprint density at radius 3 is 2.67 bits per heavy atom. The second kappa shape index (κ2) is 10.8. The topological polar surface area (TPSA) is 101 Å². The largest absolute Gasteiger partial charge is 0.481 e. The highest BCUT2D eigenvalue weighted by molar-refractivity contribution is 5.74. The molecule has 7 nitrogen and oxygen atoms in total. The normalized spacial score (nSPS) is 11.4. The van der Waals surface area contributed by atoms with E-state index in [-0.39, 0.29) is 25.0 Å². The van der Waals surface area contributed by atoms with Crippen molar-refractivity contribution >= 4 is 12.0 Å². The molecule has 144 valence electrons. The number of carbonyl (C=O) groups is 2. The van der Waals surface area contributed by atoms with Gasteiger partial charge in [-0.2, -0.15) is 0 Å². The zero-order chi connectivity index (χ0) is 19.5. The summed E-state index contributed by atoms with van der Waals surface area (Å²) in [4.78, 5) is 27.4. The van der Waals surface area contributed by atoms with Crippen molar-refractivity contribution in [3.8, 4) is 5.88 Å². The number of carboxylic acid groups (broad SMARTS) is 1. The van der Waals surface area contributed by atoms with Crippen molar-refractivity contribution in [3.63, 3.8) is 0 Å². The van der Waals surface area contributed by atoms with Gasteiger partial charge in [0.1, 0.15) is 0 Å². The van der Waals surface area contributed by atoms with Gasteiger partial charge in [0.05, 0.1) is 6.61 Å². The van der Waals surface area contributed by atoms with Crippen molar-refractivity contribution in [1.82, 2.24) is 15.6 Å². The number of rotatable bonds is 10. The van der Waals surface area contributed by atoms with Crippen molar-refractivity contribution in [2.24, 2.45) is 0 Å². The van der Waals surface area contributed by atoms with E-state index in [1.54, 1.807) is 12.3 Å². The molecule has 0 aliphatic carbocycles. The van der Waals surface area contributed by atoms with Crippen molar-refractivity contribution in [1.29, 1.82) is 0 Å². The molecule has 1 atom stereocenters. The van der Waals surface area contributed by atoms with E-state index in [0.717, 1.165) is 11.1 Å². The lowest BCUT2D eigenvalue weighted by atomic mass is 10.0. The van der Waals surface area contributed by atoms with Crippen LogP contribution in [0.5, 0.6) is 5.88 Å². The first-order valence-corrected chi connectivity index (χ1v) is 8.95. The molecule has 0 saturated heterocycles. The number of nitrogens with zero attached hydrogens (tertiary/aromatic N) is 1. The van der Waals surface area contributed by atoms with Crippen LogP contribution in [0.1, 0.15) is 30.9 Å². The summed E-state index contributed by atoms with van der Waals surface area (Å²) in [5.41, 5.74) is 1.82. The number of carboxylic acids is 1. The van der Waals surface area contributed by atoms with E-state index < -0.39 is 5.97 Å². The number of hydrogen-bond donors (Lipinski definition) is 3. The second-order valence-corrected chi connectivity index (χ2v) is 6.05. The number of aliphatic carboxylic acids is 1. The zero-order valence-electron chi connectivity index (χ0n) is 15.4. The lowest BCUT2D eigenvalue weighted by Gasteiger charge is -2.19. The summed E-state index contributed by atoms with van der Waals surface area (Å²) in [6, 6.07) is 12.7. The van der Waals surface area contributed by atoms with E-state index >= 15 is 0 Å². The summed E-state index contributed by atoms with van der Waals surface area (Å²) in [5.74, 6) is -0.390. The highest BCUT2D eigenvalue weighted by Crippen LogP contribution is 2.14. The monoisotopic (exact) mass is 371 g/mol. The summed E-state index contributed by atoms with van der Waals surface area (Å²) in [7, 11) is 0. The van der Waals surface area contributed by atoms with Crippen LogP contribution in [0.4, 0.5) is 4.79 Å². The number of aromatic nitrogens is 1. The second-order valence-electron chi connectivity index (χ2n) is 6.05. The number of amides is 2. The van der Waals surface area contributed by atoms with Gasteiger partial charge in [0.25, 0.3) is 0 Å². The SMILES string of the molecule is CCOc1ncccc1CNC(=O)NC(CCC(=O)O)Cc1ccccc1.